The summed E-state index contributed by atoms with van der Waals surface area (Å²) in [6.07, 6.45) is 0.830. The van der Waals surface area contributed by atoms with E-state index in [0.29, 0.717) is 18.7 Å². The van der Waals surface area contributed by atoms with E-state index in [-0.39, 0.29) is 12.5 Å². The number of ether oxygens (including phenoxy) is 1. The van der Waals surface area contributed by atoms with Gasteiger partial charge in [0.1, 0.15) is 0 Å². The average molecular weight is 371 g/mol. The number of fused-ring (bicyclic) bond motifs is 1. The second-order valence-electron chi connectivity index (χ2n) is 6.85. The lowest BCUT2D eigenvalue weighted by molar-refractivity contribution is -0.135. The highest BCUT2D eigenvalue weighted by molar-refractivity contribution is 5.92. The Kier molecular flexibility index (Phi) is 5.20. The minimum atomic E-state index is -0.481. The van der Waals surface area contributed by atoms with Crippen molar-refractivity contribution in [3.05, 3.63) is 95.6 Å². The highest BCUT2D eigenvalue weighted by atomic mass is 16.5. The molecule has 0 fully saturated rings. The molecule has 0 spiro atoms. The molecule has 0 saturated carbocycles. The van der Waals surface area contributed by atoms with E-state index < -0.39 is 5.97 Å². The molecule has 0 aliphatic carbocycles. The van der Waals surface area contributed by atoms with Crippen molar-refractivity contribution in [3.63, 3.8) is 0 Å². The molecule has 4 rings (SSSR count). The smallest absolute Gasteiger partial charge is 0.338 e. The first-order chi connectivity index (χ1) is 13.7. The second kappa shape index (κ2) is 8.09. The lowest BCUT2D eigenvalue weighted by atomic mass is 10.00. The number of hydrogen-bond donors (Lipinski definition) is 0. The normalized spacial score (nSPS) is 12.9. The fourth-order valence-corrected chi connectivity index (χ4v) is 3.44. The molecule has 3 aromatic rings. The van der Waals surface area contributed by atoms with Crippen LogP contribution in [0, 0.1) is 0 Å². The topological polar surface area (TPSA) is 46.6 Å². The van der Waals surface area contributed by atoms with Gasteiger partial charge in [0.15, 0.2) is 6.61 Å². The van der Waals surface area contributed by atoms with E-state index in [2.05, 4.69) is 6.07 Å². The van der Waals surface area contributed by atoms with Crippen LogP contribution in [0.4, 0.5) is 0 Å². The van der Waals surface area contributed by atoms with Crippen LogP contribution in [-0.4, -0.2) is 29.9 Å². The maximum atomic E-state index is 12.4. The van der Waals surface area contributed by atoms with Crippen LogP contribution in [0.2, 0.25) is 0 Å². The monoisotopic (exact) mass is 371 g/mol. The fraction of sp³-hybridized carbons (Fsp3) is 0.167. The number of rotatable bonds is 4. The summed E-state index contributed by atoms with van der Waals surface area (Å²) >= 11 is 0. The number of esters is 1. The Morgan fingerprint density at radius 3 is 2.18 bits per heavy atom. The van der Waals surface area contributed by atoms with Gasteiger partial charge < -0.3 is 9.64 Å². The van der Waals surface area contributed by atoms with E-state index in [0.717, 1.165) is 23.1 Å². The molecule has 1 aliphatic rings. The van der Waals surface area contributed by atoms with Crippen LogP contribution in [0.25, 0.3) is 11.1 Å². The van der Waals surface area contributed by atoms with Crippen LogP contribution in [0.3, 0.4) is 0 Å². The van der Waals surface area contributed by atoms with Gasteiger partial charge in [0, 0.05) is 13.1 Å². The number of carbonyl (C=O) groups is 2. The van der Waals surface area contributed by atoms with Crippen LogP contribution in [0.1, 0.15) is 21.5 Å². The van der Waals surface area contributed by atoms with Gasteiger partial charge in [0.2, 0.25) is 0 Å². The van der Waals surface area contributed by atoms with Crippen LogP contribution < -0.4 is 0 Å². The van der Waals surface area contributed by atoms with Crippen molar-refractivity contribution in [2.24, 2.45) is 0 Å². The molecule has 1 heterocycles. The van der Waals surface area contributed by atoms with Gasteiger partial charge in [0.05, 0.1) is 5.56 Å². The maximum Gasteiger partial charge on any atom is 0.338 e. The number of nitrogens with zero attached hydrogens (tertiary/aromatic N) is 1. The molecule has 4 nitrogen and oxygen atoms in total. The maximum absolute atomic E-state index is 12.4. The Hall–Kier alpha value is -3.40. The Morgan fingerprint density at radius 2 is 1.43 bits per heavy atom. The van der Waals surface area contributed by atoms with Crippen LogP contribution in [0.5, 0.6) is 0 Å². The first kappa shape index (κ1) is 18.0. The summed E-state index contributed by atoms with van der Waals surface area (Å²) in [4.78, 5) is 26.5. The lowest BCUT2D eigenvalue weighted by Crippen LogP contribution is -2.38. The van der Waals surface area contributed by atoms with Crippen LogP contribution >= 0.6 is 0 Å². The molecule has 0 N–H and O–H groups in total. The molecule has 1 aliphatic heterocycles. The van der Waals surface area contributed by atoms with Crippen molar-refractivity contribution in [1.29, 1.82) is 0 Å². The van der Waals surface area contributed by atoms with Gasteiger partial charge in [-0.15, -0.1) is 0 Å². The molecule has 0 bridgehead atoms. The minimum absolute atomic E-state index is 0.163. The van der Waals surface area contributed by atoms with Gasteiger partial charge in [-0.25, -0.2) is 4.79 Å². The predicted molar refractivity (Wildman–Crippen MR) is 108 cm³/mol. The highest BCUT2D eigenvalue weighted by Crippen LogP contribution is 2.20. The van der Waals surface area contributed by atoms with E-state index in [1.807, 2.05) is 60.7 Å². The van der Waals surface area contributed by atoms with Crippen LogP contribution in [0.15, 0.2) is 78.9 Å². The van der Waals surface area contributed by atoms with Crippen molar-refractivity contribution >= 4 is 11.9 Å². The molecule has 0 radical (unpaired) electrons. The van der Waals surface area contributed by atoms with Crippen molar-refractivity contribution < 1.29 is 14.3 Å². The predicted octanol–water partition coefficient (Wildman–Crippen LogP) is 4.10. The van der Waals surface area contributed by atoms with E-state index >= 15 is 0 Å². The first-order valence-electron chi connectivity index (χ1n) is 9.38. The Bertz CT molecular complexity index is 980. The van der Waals surface area contributed by atoms with Gasteiger partial charge in [-0.3, -0.25) is 4.79 Å². The summed E-state index contributed by atoms with van der Waals surface area (Å²) in [7, 11) is 0. The summed E-state index contributed by atoms with van der Waals surface area (Å²) < 4.78 is 5.25. The summed E-state index contributed by atoms with van der Waals surface area (Å²) in [5, 5.41) is 0. The minimum Gasteiger partial charge on any atom is -0.452 e. The first-order valence-corrected chi connectivity index (χ1v) is 9.38. The fourth-order valence-electron chi connectivity index (χ4n) is 3.44. The Labute approximate surface area is 164 Å². The summed E-state index contributed by atoms with van der Waals surface area (Å²) in [6.45, 7) is 0.985. The van der Waals surface area contributed by atoms with E-state index in [1.165, 1.54) is 5.56 Å². The largest absolute Gasteiger partial charge is 0.452 e. The number of amides is 1. The van der Waals surface area contributed by atoms with Crippen molar-refractivity contribution in [1.82, 2.24) is 4.90 Å². The molecule has 3 aromatic carbocycles. The average Bonchev–Trinajstić information content (AvgIpc) is 2.77. The highest BCUT2D eigenvalue weighted by Gasteiger charge is 2.21. The third-order valence-electron chi connectivity index (χ3n) is 5.04. The third-order valence-corrected chi connectivity index (χ3v) is 5.04. The Balaban J connectivity index is 1.34. The zero-order chi connectivity index (χ0) is 19.3. The SMILES string of the molecule is O=C(OCC(=O)N1CCc2ccccc2C1)c1ccc(-c2ccccc2)cc1. The molecule has 28 heavy (non-hydrogen) atoms. The van der Waals surface area contributed by atoms with Gasteiger partial charge in [-0.1, -0.05) is 66.7 Å². The standard InChI is InChI=1S/C24H21NO3/c26-23(25-15-14-19-8-4-5-9-22(19)16-25)17-28-24(27)21-12-10-20(11-13-21)18-6-2-1-3-7-18/h1-13H,14-17H2. The zero-order valence-corrected chi connectivity index (χ0v) is 15.5. The lowest BCUT2D eigenvalue weighted by Gasteiger charge is -2.28. The van der Waals surface area contributed by atoms with Gasteiger partial charge >= 0.3 is 5.97 Å². The number of hydrogen-bond acceptors (Lipinski definition) is 3. The van der Waals surface area contributed by atoms with Gasteiger partial charge in [-0.05, 0) is 40.8 Å². The molecular formula is C24H21NO3. The molecule has 1 amide bonds. The second-order valence-corrected chi connectivity index (χ2v) is 6.85. The van der Waals surface area contributed by atoms with Gasteiger partial charge in [0.25, 0.3) is 5.91 Å². The van der Waals surface area contributed by atoms with Crippen LogP contribution in [-0.2, 0) is 22.5 Å². The van der Waals surface area contributed by atoms with E-state index in [9.17, 15) is 9.59 Å². The molecule has 0 unspecified atom stereocenters. The summed E-state index contributed by atoms with van der Waals surface area (Å²) in [6, 6.07) is 25.3. The molecule has 0 atom stereocenters. The van der Waals surface area contributed by atoms with Gasteiger partial charge in [-0.2, -0.15) is 0 Å². The number of carbonyl (C=O) groups excluding carboxylic acids is 2. The molecule has 0 saturated heterocycles. The zero-order valence-electron chi connectivity index (χ0n) is 15.5. The van der Waals surface area contributed by atoms with Crippen molar-refractivity contribution in [2.75, 3.05) is 13.2 Å². The summed E-state index contributed by atoms with van der Waals surface area (Å²) in [5.41, 5.74) is 4.99. The Morgan fingerprint density at radius 1 is 0.786 bits per heavy atom. The molecule has 4 heteroatoms. The molecular weight excluding hydrogens is 350 g/mol. The quantitative estimate of drug-likeness (QED) is 0.649. The third kappa shape index (κ3) is 3.96. The van der Waals surface area contributed by atoms with E-state index in [1.54, 1.807) is 17.0 Å². The van der Waals surface area contributed by atoms with Crippen molar-refractivity contribution in [2.45, 2.75) is 13.0 Å². The molecule has 140 valence electrons. The van der Waals surface area contributed by atoms with E-state index in [4.69, 9.17) is 4.74 Å². The summed E-state index contributed by atoms with van der Waals surface area (Å²) in [5.74, 6) is -0.644. The van der Waals surface area contributed by atoms with Crippen molar-refractivity contribution in [3.8, 4) is 11.1 Å². The number of benzene rings is 3. The molecule has 0 aromatic heterocycles.